The molecule has 5 rings (SSSR count). The highest BCUT2D eigenvalue weighted by Gasteiger charge is 2.28. The van der Waals surface area contributed by atoms with E-state index in [2.05, 4.69) is 4.90 Å². The van der Waals surface area contributed by atoms with Crippen LogP contribution in [0.15, 0.2) is 45.6 Å². The van der Waals surface area contributed by atoms with Crippen molar-refractivity contribution in [1.29, 1.82) is 0 Å². The van der Waals surface area contributed by atoms with Crippen LogP contribution in [0.1, 0.15) is 35.1 Å². The summed E-state index contributed by atoms with van der Waals surface area (Å²) in [5.41, 5.74) is 3.76. The van der Waals surface area contributed by atoms with Gasteiger partial charge in [-0.1, -0.05) is 41.9 Å². The minimum absolute atomic E-state index is 0.229. The fourth-order valence-electron chi connectivity index (χ4n) is 4.46. The molecular formula is C24H24ClNO4. The van der Waals surface area contributed by atoms with E-state index in [1.807, 2.05) is 43.3 Å². The Bertz CT molecular complexity index is 1140. The lowest BCUT2D eigenvalue weighted by Gasteiger charge is -2.31. The van der Waals surface area contributed by atoms with E-state index >= 15 is 0 Å². The van der Waals surface area contributed by atoms with Gasteiger partial charge in [0.1, 0.15) is 18.1 Å². The number of hydrogen-bond acceptors (Lipinski definition) is 5. The second-order valence-electron chi connectivity index (χ2n) is 8.12. The molecule has 0 saturated carbocycles. The molecule has 0 unspecified atom stereocenters. The maximum Gasteiger partial charge on any atom is 0.340 e. The van der Waals surface area contributed by atoms with E-state index < -0.39 is 0 Å². The molecule has 0 aliphatic carbocycles. The van der Waals surface area contributed by atoms with Gasteiger partial charge in [0.2, 0.25) is 0 Å². The Morgan fingerprint density at radius 1 is 1.23 bits per heavy atom. The molecule has 2 aromatic carbocycles. The molecule has 3 aromatic rings. The summed E-state index contributed by atoms with van der Waals surface area (Å²) >= 11 is 6.58. The van der Waals surface area contributed by atoms with Gasteiger partial charge >= 0.3 is 5.63 Å². The van der Waals surface area contributed by atoms with Crippen LogP contribution in [-0.4, -0.2) is 30.9 Å². The van der Waals surface area contributed by atoms with Gasteiger partial charge in [-0.25, -0.2) is 4.79 Å². The van der Waals surface area contributed by atoms with Crippen LogP contribution >= 0.6 is 11.6 Å². The Morgan fingerprint density at radius 2 is 2.07 bits per heavy atom. The molecule has 1 atom stereocenters. The fourth-order valence-corrected chi connectivity index (χ4v) is 4.73. The molecule has 1 saturated heterocycles. The highest BCUT2D eigenvalue weighted by atomic mass is 35.5. The lowest BCUT2D eigenvalue weighted by molar-refractivity contribution is 0.0281. The van der Waals surface area contributed by atoms with Crippen molar-refractivity contribution >= 4 is 22.6 Å². The number of hydrogen-bond donors (Lipinski definition) is 0. The van der Waals surface area contributed by atoms with Crippen LogP contribution in [0, 0.1) is 6.92 Å². The van der Waals surface area contributed by atoms with E-state index in [9.17, 15) is 4.79 Å². The molecule has 156 valence electrons. The van der Waals surface area contributed by atoms with Crippen LogP contribution in [-0.2, 0) is 17.7 Å². The molecule has 0 spiro atoms. The third-order valence-electron chi connectivity index (χ3n) is 6.06. The molecule has 5 nitrogen and oxygen atoms in total. The van der Waals surface area contributed by atoms with Gasteiger partial charge in [-0.05, 0) is 37.0 Å². The van der Waals surface area contributed by atoms with Gasteiger partial charge in [0.05, 0.1) is 16.7 Å². The molecule has 0 N–H and O–H groups in total. The van der Waals surface area contributed by atoms with Gasteiger partial charge in [0.25, 0.3) is 0 Å². The third-order valence-corrected chi connectivity index (χ3v) is 6.34. The average Bonchev–Trinajstić information content (AvgIpc) is 3.26. The van der Waals surface area contributed by atoms with Crippen LogP contribution in [0.5, 0.6) is 5.75 Å². The van der Waals surface area contributed by atoms with Gasteiger partial charge in [-0.2, -0.15) is 0 Å². The molecule has 0 bridgehead atoms. The first kappa shape index (κ1) is 19.6. The van der Waals surface area contributed by atoms with Crippen molar-refractivity contribution in [3.8, 4) is 5.75 Å². The number of rotatable bonds is 4. The van der Waals surface area contributed by atoms with Gasteiger partial charge in [0.15, 0.2) is 0 Å². The molecule has 1 fully saturated rings. The van der Waals surface area contributed by atoms with Crippen molar-refractivity contribution in [2.24, 2.45) is 0 Å². The average molecular weight is 426 g/mol. The fraction of sp³-hybridized carbons (Fsp3) is 0.375. The minimum Gasteiger partial charge on any atom is -0.476 e. The summed E-state index contributed by atoms with van der Waals surface area (Å²) in [6, 6.07) is 11.8. The first-order chi connectivity index (χ1) is 14.6. The Hall–Kier alpha value is -2.34. The van der Waals surface area contributed by atoms with Crippen molar-refractivity contribution in [3.05, 3.63) is 74.1 Å². The van der Waals surface area contributed by atoms with E-state index in [0.717, 1.165) is 48.1 Å². The number of halogens is 1. The monoisotopic (exact) mass is 425 g/mol. The number of fused-ring (bicyclic) bond motifs is 3. The summed E-state index contributed by atoms with van der Waals surface area (Å²) < 4.78 is 17.6. The molecule has 6 heteroatoms. The Labute approximate surface area is 180 Å². The summed E-state index contributed by atoms with van der Waals surface area (Å²) in [5.74, 6) is 0.617. The van der Waals surface area contributed by atoms with Crippen LogP contribution in [0.25, 0.3) is 11.0 Å². The lowest BCUT2D eigenvalue weighted by Crippen LogP contribution is -2.37. The molecule has 30 heavy (non-hydrogen) atoms. The standard InChI is InChI=1S/C24H24ClNO4/c1-15-18-11-21(25)23-20(13-26(14-29-23)12-17-8-5-9-28-17)22(18)30-24(27)19(15)10-16-6-3-2-4-7-16/h2-4,6-7,11,17H,5,8-10,12-14H2,1H3/t17-/m1/s1. The van der Waals surface area contributed by atoms with Crippen LogP contribution < -0.4 is 10.4 Å². The Morgan fingerprint density at radius 3 is 2.83 bits per heavy atom. The third kappa shape index (κ3) is 3.62. The summed E-state index contributed by atoms with van der Waals surface area (Å²) in [5, 5.41) is 1.42. The summed E-state index contributed by atoms with van der Waals surface area (Å²) in [7, 11) is 0. The van der Waals surface area contributed by atoms with Gasteiger partial charge in [-0.3, -0.25) is 4.90 Å². The second-order valence-corrected chi connectivity index (χ2v) is 8.53. The highest BCUT2D eigenvalue weighted by molar-refractivity contribution is 6.33. The van der Waals surface area contributed by atoms with Crippen LogP contribution in [0.3, 0.4) is 0 Å². The zero-order valence-electron chi connectivity index (χ0n) is 16.9. The van der Waals surface area contributed by atoms with E-state index in [1.165, 1.54) is 0 Å². The highest BCUT2D eigenvalue weighted by Crippen LogP contribution is 2.40. The zero-order valence-corrected chi connectivity index (χ0v) is 17.7. The first-order valence-electron chi connectivity index (χ1n) is 10.4. The normalized spacial score (nSPS) is 19.1. The zero-order chi connectivity index (χ0) is 20.7. The molecule has 0 radical (unpaired) electrons. The van der Waals surface area contributed by atoms with Crippen molar-refractivity contribution < 1.29 is 13.9 Å². The maximum absolute atomic E-state index is 12.9. The smallest absolute Gasteiger partial charge is 0.340 e. The number of aryl methyl sites for hydroxylation is 1. The van der Waals surface area contributed by atoms with Crippen LogP contribution in [0.4, 0.5) is 0 Å². The quantitative estimate of drug-likeness (QED) is 0.568. The van der Waals surface area contributed by atoms with E-state index in [0.29, 0.717) is 41.6 Å². The van der Waals surface area contributed by atoms with Gasteiger partial charge in [0, 0.05) is 37.1 Å². The molecule has 2 aliphatic rings. The first-order valence-corrected chi connectivity index (χ1v) is 10.8. The van der Waals surface area contributed by atoms with E-state index in [1.54, 1.807) is 0 Å². The molecular weight excluding hydrogens is 402 g/mol. The van der Waals surface area contributed by atoms with Crippen LogP contribution in [0.2, 0.25) is 5.02 Å². The summed E-state index contributed by atoms with van der Waals surface area (Å²) in [6.45, 7) is 4.65. The summed E-state index contributed by atoms with van der Waals surface area (Å²) in [6.07, 6.45) is 2.92. The molecule has 2 aliphatic heterocycles. The SMILES string of the molecule is Cc1c(Cc2ccccc2)c(=O)oc2c3c(c(Cl)cc12)OCN(C[C@H]1CCCO1)C3. The maximum atomic E-state index is 12.9. The van der Waals surface area contributed by atoms with Gasteiger partial charge in [-0.15, -0.1) is 0 Å². The topological polar surface area (TPSA) is 51.9 Å². The van der Waals surface area contributed by atoms with E-state index in [-0.39, 0.29) is 11.7 Å². The number of nitrogens with zero attached hydrogens (tertiary/aromatic N) is 1. The summed E-state index contributed by atoms with van der Waals surface area (Å²) in [4.78, 5) is 15.1. The Balaban J connectivity index is 1.55. The second kappa shape index (κ2) is 8.06. The largest absolute Gasteiger partial charge is 0.476 e. The molecule has 0 amide bonds. The number of benzene rings is 2. The predicted molar refractivity (Wildman–Crippen MR) is 116 cm³/mol. The lowest BCUT2D eigenvalue weighted by atomic mass is 9.97. The van der Waals surface area contributed by atoms with Crippen molar-refractivity contribution in [2.75, 3.05) is 19.9 Å². The number of ether oxygens (including phenoxy) is 2. The predicted octanol–water partition coefficient (Wildman–Crippen LogP) is 4.68. The van der Waals surface area contributed by atoms with Gasteiger partial charge < -0.3 is 13.9 Å². The molecule has 3 heterocycles. The van der Waals surface area contributed by atoms with E-state index in [4.69, 9.17) is 25.5 Å². The van der Waals surface area contributed by atoms with Crippen molar-refractivity contribution in [3.63, 3.8) is 0 Å². The molecule has 1 aromatic heterocycles. The van der Waals surface area contributed by atoms with Crippen molar-refractivity contribution in [2.45, 2.75) is 38.8 Å². The minimum atomic E-state index is -0.301. The van der Waals surface area contributed by atoms with Crippen molar-refractivity contribution in [1.82, 2.24) is 4.90 Å². The Kier molecular flexibility index (Phi) is 5.27.